The van der Waals surface area contributed by atoms with Crippen molar-refractivity contribution in [2.75, 3.05) is 0 Å². The Bertz CT molecular complexity index is 562. The molecule has 0 spiro atoms. The van der Waals surface area contributed by atoms with Crippen molar-refractivity contribution >= 4 is 0 Å². The Morgan fingerprint density at radius 3 is 2.95 bits per heavy atom. The summed E-state index contributed by atoms with van der Waals surface area (Å²) in [5, 5.41) is 4.12. The highest BCUT2D eigenvalue weighted by atomic mass is 16.5. The van der Waals surface area contributed by atoms with Gasteiger partial charge < -0.3 is 10.3 Å². The second kappa shape index (κ2) is 5.13. The molecule has 3 rings (SSSR count). The van der Waals surface area contributed by atoms with Crippen molar-refractivity contribution in [3.63, 3.8) is 0 Å². The lowest BCUT2D eigenvalue weighted by molar-refractivity contribution is 0.361. The number of aryl methyl sites for hydroxylation is 1. The van der Waals surface area contributed by atoms with Crippen molar-refractivity contribution in [2.24, 2.45) is 5.73 Å². The number of nitrogens with two attached hydrogens (primary N) is 1. The van der Waals surface area contributed by atoms with Crippen molar-refractivity contribution in [1.29, 1.82) is 0 Å². The summed E-state index contributed by atoms with van der Waals surface area (Å²) in [5.74, 6) is 1.87. The minimum absolute atomic E-state index is 0.0559. The second-order valence-corrected chi connectivity index (χ2v) is 5.44. The minimum atomic E-state index is 0.0559. The summed E-state index contributed by atoms with van der Waals surface area (Å²) in [6.07, 6.45) is 3.84. The summed E-state index contributed by atoms with van der Waals surface area (Å²) in [7, 11) is 0. The predicted molar refractivity (Wildman–Crippen MR) is 72.9 cm³/mol. The maximum Gasteiger partial charge on any atom is 0.228 e. The molecule has 1 heterocycles. The Kier molecular flexibility index (Phi) is 3.34. The standard InChI is InChI=1S/C15H19N3O/c1-10(16)8-14-17-15(18-19-14)13-7-6-11-4-2-3-5-12(11)9-13/h2-5,10,13H,6-9,16H2,1H3. The van der Waals surface area contributed by atoms with E-state index in [9.17, 15) is 0 Å². The molecular formula is C15H19N3O. The van der Waals surface area contributed by atoms with Crippen LogP contribution in [0.2, 0.25) is 0 Å². The molecule has 0 radical (unpaired) electrons. The minimum Gasteiger partial charge on any atom is -0.339 e. The lowest BCUT2D eigenvalue weighted by Gasteiger charge is -2.21. The molecule has 0 bridgehead atoms. The zero-order chi connectivity index (χ0) is 13.2. The van der Waals surface area contributed by atoms with Crippen LogP contribution in [0.25, 0.3) is 0 Å². The lowest BCUT2D eigenvalue weighted by Crippen LogP contribution is -2.18. The van der Waals surface area contributed by atoms with Crippen LogP contribution >= 0.6 is 0 Å². The Morgan fingerprint density at radius 2 is 2.16 bits per heavy atom. The maximum atomic E-state index is 5.75. The zero-order valence-electron chi connectivity index (χ0n) is 11.2. The molecule has 4 heteroatoms. The average molecular weight is 257 g/mol. The number of rotatable bonds is 3. The fourth-order valence-electron chi connectivity index (χ4n) is 2.71. The van der Waals surface area contributed by atoms with E-state index >= 15 is 0 Å². The molecule has 1 aliphatic carbocycles. The van der Waals surface area contributed by atoms with Crippen LogP contribution < -0.4 is 5.73 Å². The number of hydrogen-bond donors (Lipinski definition) is 1. The summed E-state index contributed by atoms with van der Waals surface area (Å²) >= 11 is 0. The molecule has 0 amide bonds. The third-order valence-corrected chi connectivity index (χ3v) is 3.69. The van der Waals surface area contributed by atoms with E-state index in [-0.39, 0.29) is 6.04 Å². The number of fused-ring (bicyclic) bond motifs is 1. The van der Waals surface area contributed by atoms with E-state index in [0.29, 0.717) is 18.2 Å². The SMILES string of the molecule is CC(N)Cc1nc(C2CCc3ccccc3C2)no1. The number of benzene rings is 1. The Hall–Kier alpha value is -1.68. The highest BCUT2D eigenvalue weighted by molar-refractivity contribution is 5.31. The first-order valence-corrected chi connectivity index (χ1v) is 6.87. The highest BCUT2D eigenvalue weighted by Crippen LogP contribution is 2.31. The van der Waals surface area contributed by atoms with Crippen molar-refractivity contribution < 1.29 is 4.52 Å². The molecule has 2 atom stereocenters. The largest absolute Gasteiger partial charge is 0.339 e. The Morgan fingerprint density at radius 1 is 1.37 bits per heavy atom. The van der Waals surface area contributed by atoms with E-state index in [4.69, 9.17) is 10.3 Å². The van der Waals surface area contributed by atoms with Crippen molar-refractivity contribution in [3.05, 3.63) is 47.1 Å². The molecule has 19 heavy (non-hydrogen) atoms. The van der Waals surface area contributed by atoms with Crippen LogP contribution in [0.1, 0.15) is 42.1 Å². The molecule has 0 aliphatic heterocycles. The summed E-state index contributed by atoms with van der Waals surface area (Å²) < 4.78 is 5.28. The molecular weight excluding hydrogens is 238 g/mol. The van der Waals surface area contributed by atoms with Gasteiger partial charge in [-0.3, -0.25) is 0 Å². The molecule has 0 saturated heterocycles. The van der Waals surface area contributed by atoms with Crippen LogP contribution in [-0.2, 0) is 19.3 Å². The average Bonchev–Trinajstić information content (AvgIpc) is 2.86. The molecule has 1 aromatic heterocycles. The third kappa shape index (κ3) is 2.68. The third-order valence-electron chi connectivity index (χ3n) is 3.69. The molecule has 4 nitrogen and oxygen atoms in total. The quantitative estimate of drug-likeness (QED) is 0.915. The van der Waals surface area contributed by atoms with Gasteiger partial charge in [-0.25, -0.2) is 0 Å². The van der Waals surface area contributed by atoms with Gasteiger partial charge in [-0.1, -0.05) is 29.4 Å². The Labute approximate surface area is 113 Å². The van der Waals surface area contributed by atoms with Gasteiger partial charge in [-0.2, -0.15) is 4.98 Å². The van der Waals surface area contributed by atoms with E-state index in [1.54, 1.807) is 0 Å². The topological polar surface area (TPSA) is 64.9 Å². The van der Waals surface area contributed by atoms with E-state index in [1.807, 2.05) is 6.92 Å². The lowest BCUT2D eigenvalue weighted by atomic mass is 9.83. The van der Waals surface area contributed by atoms with Crippen molar-refractivity contribution in [3.8, 4) is 0 Å². The summed E-state index contributed by atoms with van der Waals surface area (Å²) in [6.45, 7) is 1.95. The summed E-state index contributed by atoms with van der Waals surface area (Å²) in [4.78, 5) is 4.49. The van der Waals surface area contributed by atoms with Gasteiger partial charge in [0.2, 0.25) is 5.89 Å². The molecule has 2 unspecified atom stereocenters. The highest BCUT2D eigenvalue weighted by Gasteiger charge is 2.24. The first-order valence-electron chi connectivity index (χ1n) is 6.87. The van der Waals surface area contributed by atoms with Gasteiger partial charge >= 0.3 is 0 Å². The van der Waals surface area contributed by atoms with Crippen LogP contribution in [0.5, 0.6) is 0 Å². The molecule has 2 aromatic rings. The fraction of sp³-hybridized carbons (Fsp3) is 0.467. The smallest absolute Gasteiger partial charge is 0.228 e. The number of nitrogens with zero attached hydrogens (tertiary/aromatic N) is 2. The van der Waals surface area contributed by atoms with E-state index in [1.165, 1.54) is 11.1 Å². The molecule has 2 N–H and O–H groups in total. The van der Waals surface area contributed by atoms with E-state index in [2.05, 4.69) is 34.4 Å². The van der Waals surface area contributed by atoms with Gasteiger partial charge in [-0.05, 0) is 37.3 Å². The number of hydrogen-bond acceptors (Lipinski definition) is 4. The van der Waals surface area contributed by atoms with Gasteiger partial charge in [0.25, 0.3) is 0 Å². The van der Waals surface area contributed by atoms with Gasteiger partial charge in [0.05, 0.1) is 0 Å². The van der Waals surface area contributed by atoms with Crippen LogP contribution in [0.3, 0.4) is 0 Å². The molecule has 0 saturated carbocycles. The molecule has 1 aromatic carbocycles. The molecule has 0 fully saturated rings. The van der Waals surface area contributed by atoms with Crippen LogP contribution in [0.4, 0.5) is 0 Å². The summed E-state index contributed by atoms with van der Waals surface area (Å²) in [5.41, 5.74) is 8.62. The van der Waals surface area contributed by atoms with Crippen LogP contribution in [0.15, 0.2) is 28.8 Å². The normalized spacial score (nSPS) is 20.0. The first kappa shape index (κ1) is 12.4. The summed E-state index contributed by atoms with van der Waals surface area (Å²) in [6, 6.07) is 8.67. The van der Waals surface area contributed by atoms with Crippen molar-refractivity contribution in [2.45, 2.75) is 44.6 Å². The van der Waals surface area contributed by atoms with Gasteiger partial charge in [0.15, 0.2) is 5.82 Å². The van der Waals surface area contributed by atoms with Crippen LogP contribution in [-0.4, -0.2) is 16.2 Å². The van der Waals surface area contributed by atoms with Crippen molar-refractivity contribution in [1.82, 2.24) is 10.1 Å². The van der Waals surface area contributed by atoms with Gasteiger partial charge in [0, 0.05) is 18.4 Å². The monoisotopic (exact) mass is 257 g/mol. The van der Waals surface area contributed by atoms with E-state index in [0.717, 1.165) is 25.1 Å². The first-order chi connectivity index (χ1) is 9.22. The Balaban J connectivity index is 1.76. The van der Waals surface area contributed by atoms with E-state index < -0.39 is 0 Å². The number of aromatic nitrogens is 2. The zero-order valence-corrected chi connectivity index (χ0v) is 11.2. The predicted octanol–water partition coefficient (Wildman–Crippen LogP) is 2.23. The molecule has 1 aliphatic rings. The van der Waals surface area contributed by atoms with Gasteiger partial charge in [-0.15, -0.1) is 0 Å². The van der Waals surface area contributed by atoms with Gasteiger partial charge in [0.1, 0.15) is 0 Å². The van der Waals surface area contributed by atoms with Crippen LogP contribution in [0, 0.1) is 0 Å². The fourth-order valence-corrected chi connectivity index (χ4v) is 2.71. The second-order valence-electron chi connectivity index (χ2n) is 5.44. The molecule has 100 valence electrons. The maximum absolute atomic E-state index is 5.75.